The molecule has 0 aromatic heterocycles. The van der Waals surface area contributed by atoms with E-state index in [9.17, 15) is 9.70 Å². The molecule has 20 heavy (non-hydrogen) atoms. The minimum absolute atomic E-state index is 0.344. The molecule has 0 aliphatic heterocycles. The number of carbonyl (C=O) groups is 1. The molecule has 2 aromatic carbocycles. The Morgan fingerprint density at radius 2 is 1.90 bits per heavy atom. The van der Waals surface area contributed by atoms with Gasteiger partial charge in [-0.2, -0.15) is 0 Å². The molecule has 0 heterocycles. The Balaban J connectivity index is 2.14. The Morgan fingerprint density at radius 1 is 1.15 bits per heavy atom. The van der Waals surface area contributed by atoms with Crippen molar-refractivity contribution >= 4 is 23.0 Å². The number of hydrogen-bond acceptors (Lipinski definition) is 5. The number of nitrogens with one attached hydrogen (secondary N) is 1. The Kier molecular flexibility index (Phi) is 4.44. The summed E-state index contributed by atoms with van der Waals surface area (Å²) < 4.78 is 4.95. The topological polar surface area (TPSA) is 67.8 Å². The minimum atomic E-state index is -0.350. The van der Waals surface area contributed by atoms with Gasteiger partial charge in [0.05, 0.1) is 12.2 Å². The summed E-state index contributed by atoms with van der Waals surface area (Å²) in [5, 5.41) is 5.98. The zero-order valence-corrected chi connectivity index (χ0v) is 11.0. The molecular weight excluding hydrogens is 256 g/mol. The third-order valence-corrected chi connectivity index (χ3v) is 2.64. The molecule has 0 unspecified atom stereocenters. The van der Waals surface area contributed by atoms with Crippen LogP contribution in [-0.2, 0) is 4.74 Å². The smallest absolute Gasteiger partial charge is 0.338 e. The van der Waals surface area contributed by atoms with E-state index in [1.54, 1.807) is 49.4 Å². The average molecular weight is 270 g/mol. The molecular formula is C15H14N2O3. The summed E-state index contributed by atoms with van der Waals surface area (Å²) in [5.41, 5.74) is 2.43. The lowest BCUT2D eigenvalue weighted by Crippen LogP contribution is -2.04. The lowest BCUT2D eigenvalue weighted by atomic mass is 10.2. The zero-order chi connectivity index (χ0) is 14.4. The van der Waals surface area contributed by atoms with Gasteiger partial charge in [-0.15, -0.1) is 4.91 Å². The molecule has 1 N–H and O–H groups in total. The second kappa shape index (κ2) is 6.47. The first-order valence-corrected chi connectivity index (χ1v) is 6.20. The molecule has 0 spiro atoms. The van der Waals surface area contributed by atoms with Crippen LogP contribution in [0.3, 0.4) is 0 Å². The average Bonchev–Trinajstić information content (AvgIpc) is 2.48. The van der Waals surface area contributed by atoms with Crippen LogP contribution in [0.25, 0.3) is 0 Å². The second-order valence-electron chi connectivity index (χ2n) is 4.06. The van der Waals surface area contributed by atoms with Crippen LogP contribution in [0.15, 0.2) is 53.7 Å². The maximum atomic E-state index is 11.6. The third kappa shape index (κ3) is 3.41. The van der Waals surface area contributed by atoms with Crippen molar-refractivity contribution in [1.82, 2.24) is 0 Å². The summed E-state index contributed by atoms with van der Waals surface area (Å²) in [6, 6.07) is 13.7. The van der Waals surface area contributed by atoms with Crippen molar-refractivity contribution in [2.24, 2.45) is 5.18 Å². The number of hydrogen-bond donors (Lipinski definition) is 1. The van der Waals surface area contributed by atoms with E-state index in [-0.39, 0.29) is 5.97 Å². The van der Waals surface area contributed by atoms with Gasteiger partial charge in [0.2, 0.25) is 0 Å². The fourth-order valence-corrected chi connectivity index (χ4v) is 1.71. The van der Waals surface area contributed by atoms with Gasteiger partial charge in [0.25, 0.3) is 0 Å². The van der Waals surface area contributed by atoms with Gasteiger partial charge in [-0.25, -0.2) is 4.79 Å². The quantitative estimate of drug-likeness (QED) is 0.658. The van der Waals surface area contributed by atoms with E-state index >= 15 is 0 Å². The Morgan fingerprint density at radius 3 is 2.55 bits per heavy atom. The van der Waals surface area contributed by atoms with E-state index in [2.05, 4.69) is 10.5 Å². The van der Waals surface area contributed by atoms with Crippen LogP contribution in [-0.4, -0.2) is 12.6 Å². The van der Waals surface area contributed by atoms with Crippen molar-refractivity contribution in [3.05, 3.63) is 59.0 Å². The predicted molar refractivity (Wildman–Crippen MR) is 77.6 cm³/mol. The number of carbonyl (C=O) groups excluding carboxylic acids is 1. The molecule has 2 rings (SSSR count). The lowest BCUT2D eigenvalue weighted by molar-refractivity contribution is 0.0526. The predicted octanol–water partition coefficient (Wildman–Crippen LogP) is 4.00. The van der Waals surface area contributed by atoms with Gasteiger partial charge in [-0.1, -0.05) is 6.07 Å². The number of rotatable bonds is 5. The number of ether oxygens (including phenoxy) is 1. The first-order valence-electron chi connectivity index (χ1n) is 6.20. The van der Waals surface area contributed by atoms with E-state index in [4.69, 9.17) is 4.74 Å². The third-order valence-electron chi connectivity index (χ3n) is 2.64. The summed E-state index contributed by atoms with van der Waals surface area (Å²) in [7, 11) is 0. The minimum Gasteiger partial charge on any atom is -0.462 e. The van der Waals surface area contributed by atoms with Crippen LogP contribution in [0, 0.1) is 4.91 Å². The number of nitroso groups, excluding NO2 is 1. The van der Waals surface area contributed by atoms with E-state index in [0.29, 0.717) is 17.9 Å². The summed E-state index contributed by atoms with van der Waals surface area (Å²) >= 11 is 0. The van der Waals surface area contributed by atoms with Crippen molar-refractivity contribution in [1.29, 1.82) is 0 Å². The lowest BCUT2D eigenvalue weighted by Gasteiger charge is -2.08. The molecule has 0 fully saturated rings. The van der Waals surface area contributed by atoms with Crippen LogP contribution >= 0.6 is 0 Å². The van der Waals surface area contributed by atoms with E-state index in [1.807, 2.05) is 6.07 Å². The van der Waals surface area contributed by atoms with Crippen molar-refractivity contribution in [2.75, 3.05) is 11.9 Å². The highest BCUT2D eigenvalue weighted by molar-refractivity contribution is 5.90. The standard InChI is InChI=1S/C15H14N2O3/c1-2-20-15(18)11-4-3-5-14(10-11)16-12-6-8-13(17-19)9-7-12/h3-10,16H,2H2,1H3. The highest BCUT2D eigenvalue weighted by Crippen LogP contribution is 2.21. The molecule has 0 aliphatic carbocycles. The van der Waals surface area contributed by atoms with Gasteiger partial charge in [0.1, 0.15) is 5.69 Å². The van der Waals surface area contributed by atoms with Crippen molar-refractivity contribution in [2.45, 2.75) is 6.92 Å². The van der Waals surface area contributed by atoms with Gasteiger partial charge >= 0.3 is 5.97 Å². The second-order valence-corrected chi connectivity index (χ2v) is 4.06. The van der Waals surface area contributed by atoms with Gasteiger partial charge in [0, 0.05) is 11.4 Å². The monoisotopic (exact) mass is 270 g/mol. The van der Waals surface area contributed by atoms with Gasteiger partial charge < -0.3 is 10.1 Å². The van der Waals surface area contributed by atoms with Gasteiger partial charge in [-0.3, -0.25) is 0 Å². The van der Waals surface area contributed by atoms with Gasteiger partial charge in [-0.05, 0) is 54.6 Å². The molecule has 0 bridgehead atoms. The molecule has 5 heteroatoms. The van der Waals surface area contributed by atoms with Gasteiger partial charge in [0.15, 0.2) is 0 Å². The highest BCUT2D eigenvalue weighted by atomic mass is 16.5. The van der Waals surface area contributed by atoms with Crippen molar-refractivity contribution in [3.8, 4) is 0 Å². The van der Waals surface area contributed by atoms with Crippen LogP contribution in [0.1, 0.15) is 17.3 Å². The van der Waals surface area contributed by atoms with Crippen LogP contribution in [0.5, 0.6) is 0 Å². The Hall–Kier alpha value is -2.69. The van der Waals surface area contributed by atoms with Crippen molar-refractivity contribution in [3.63, 3.8) is 0 Å². The van der Waals surface area contributed by atoms with Crippen LogP contribution in [0.2, 0.25) is 0 Å². The molecule has 0 aliphatic rings. The van der Waals surface area contributed by atoms with E-state index in [1.165, 1.54) is 0 Å². The summed E-state index contributed by atoms with van der Waals surface area (Å²) in [6.45, 7) is 2.11. The molecule has 0 saturated carbocycles. The Bertz CT molecular complexity index is 609. The number of esters is 1. The fraction of sp³-hybridized carbons (Fsp3) is 0.133. The molecule has 0 amide bonds. The number of benzene rings is 2. The number of nitrogens with zero attached hydrogens (tertiary/aromatic N) is 1. The first-order chi connectivity index (χ1) is 9.72. The molecule has 0 radical (unpaired) electrons. The molecule has 5 nitrogen and oxygen atoms in total. The molecule has 0 atom stereocenters. The van der Waals surface area contributed by atoms with E-state index < -0.39 is 0 Å². The normalized spacial score (nSPS) is 9.85. The highest BCUT2D eigenvalue weighted by Gasteiger charge is 2.06. The summed E-state index contributed by atoms with van der Waals surface area (Å²) in [4.78, 5) is 22.0. The fourth-order valence-electron chi connectivity index (χ4n) is 1.71. The summed E-state index contributed by atoms with van der Waals surface area (Å²) in [6.07, 6.45) is 0. The molecule has 102 valence electrons. The largest absolute Gasteiger partial charge is 0.462 e. The van der Waals surface area contributed by atoms with Crippen molar-refractivity contribution < 1.29 is 9.53 Å². The number of anilines is 2. The summed E-state index contributed by atoms with van der Waals surface area (Å²) in [5.74, 6) is -0.350. The van der Waals surface area contributed by atoms with E-state index in [0.717, 1.165) is 11.4 Å². The first kappa shape index (κ1) is 13.7. The molecule has 0 saturated heterocycles. The zero-order valence-electron chi connectivity index (χ0n) is 11.0. The van der Waals surface area contributed by atoms with Crippen LogP contribution in [0.4, 0.5) is 17.1 Å². The maximum absolute atomic E-state index is 11.6. The SMILES string of the molecule is CCOC(=O)c1cccc(Nc2ccc(N=O)cc2)c1. The van der Waals surface area contributed by atoms with Crippen LogP contribution < -0.4 is 5.32 Å². The maximum Gasteiger partial charge on any atom is 0.338 e. The molecule has 2 aromatic rings. The Labute approximate surface area is 116 Å².